The molecule has 0 N–H and O–H groups in total. The zero-order valence-electron chi connectivity index (χ0n) is 21.0. The van der Waals surface area contributed by atoms with Crippen molar-refractivity contribution in [2.45, 2.75) is 67.7 Å². The predicted molar refractivity (Wildman–Crippen MR) is 148 cm³/mol. The zero-order chi connectivity index (χ0) is 23.9. The van der Waals surface area contributed by atoms with Crippen molar-refractivity contribution < 1.29 is 0 Å². The molecule has 1 unspecified atom stereocenters. The molecule has 2 aliphatic rings. The lowest BCUT2D eigenvalue weighted by Gasteiger charge is -2.17. The van der Waals surface area contributed by atoms with E-state index in [-0.39, 0.29) is 0 Å². The molecular weight excluding hydrogens is 454 g/mol. The quantitative estimate of drug-likeness (QED) is 0.369. The molecule has 1 aromatic rings. The SMILES string of the molecule is CC.CCC(C)C(=NC1=C(C)C=CC=CC1)C1=C(C)C=C(Br)CC=C1.Cc1ccccc1. The number of hydrogen-bond donors (Lipinski definition) is 0. The number of aliphatic imine (C=N–C) groups is 1. The minimum absolute atomic E-state index is 0.436. The number of hydrogen-bond acceptors (Lipinski definition) is 1. The van der Waals surface area contributed by atoms with Gasteiger partial charge in [0.2, 0.25) is 0 Å². The van der Waals surface area contributed by atoms with Crippen LogP contribution in [0.2, 0.25) is 0 Å². The van der Waals surface area contributed by atoms with Gasteiger partial charge in [0.05, 0.1) is 5.71 Å². The van der Waals surface area contributed by atoms with Gasteiger partial charge >= 0.3 is 0 Å². The molecule has 0 spiro atoms. The highest BCUT2D eigenvalue weighted by atomic mass is 79.9. The third kappa shape index (κ3) is 9.53. The van der Waals surface area contributed by atoms with Gasteiger partial charge in [0.15, 0.2) is 0 Å². The molecule has 0 saturated carbocycles. The van der Waals surface area contributed by atoms with Gasteiger partial charge in [0.1, 0.15) is 0 Å². The van der Waals surface area contributed by atoms with E-state index in [1.165, 1.54) is 38.2 Å². The molecule has 0 bridgehead atoms. The Bertz CT molecular complexity index is 921. The minimum Gasteiger partial charge on any atom is -0.256 e. The van der Waals surface area contributed by atoms with Gasteiger partial charge in [-0.2, -0.15) is 0 Å². The van der Waals surface area contributed by atoms with E-state index in [0.717, 1.165) is 19.3 Å². The fourth-order valence-electron chi connectivity index (χ4n) is 3.24. The highest BCUT2D eigenvalue weighted by Crippen LogP contribution is 2.27. The fraction of sp³-hybridized carbons (Fsp3) is 0.367. The van der Waals surface area contributed by atoms with Crippen molar-refractivity contribution in [3.63, 3.8) is 0 Å². The lowest BCUT2D eigenvalue weighted by atomic mass is 9.92. The van der Waals surface area contributed by atoms with E-state index in [4.69, 9.17) is 4.99 Å². The summed E-state index contributed by atoms with van der Waals surface area (Å²) in [6.07, 6.45) is 18.1. The van der Waals surface area contributed by atoms with Gasteiger partial charge in [-0.1, -0.05) is 116 Å². The molecule has 0 aromatic heterocycles. The lowest BCUT2D eigenvalue weighted by Crippen LogP contribution is -2.14. The Balaban J connectivity index is 0.000000477. The molecule has 0 amide bonds. The van der Waals surface area contributed by atoms with E-state index in [1.54, 1.807) is 0 Å². The molecule has 172 valence electrons. The monoisotopic (exact) mass is 493 g/mol. The van der Waals surface area contributed by atoms with E-state index in [1.807, 2.05) is 32.0 Å². The van der Waals surface area contributed by atoms with E-state index in [2.05, 4.69) is 105 Å². The summed E-state index contributed by atoms with van der Waals surface area (Å²) in [5, 5.41) is 0. The van der Waals surface area contributed by atoms with Gasteiger partial charge in [-0.05, 0) is 66.8 Å². The number of benzene rings is 1. The Morgan fingerprint density at radius 2 is 1.62 bits per heavy atom. The summed E-state index contributed by atoms with van der Waals surface area (Å²) in [6, 6.07) is 10.3. The van der Waals surface area contributed by atoms with Crippen molar-refractivity contribution in [2.24, 2.45) is 10.9 Å². The lowest BCUT2D eigenvalue weighted by molar-refractivity contribution is 0.737. The maximum Gasteiger partial charge on any atom is 0.0509 e. The van der Waals surface area contributed by atoms with Crippen LogP contribution in [0.15, 0.2) is 105 Å². The van der Waals surface area contributed by atoms with Crippen LogP contribution in [0.5, 0.6) is 0 Å². The van der Waals surface area contributed by atoms with Gasteiger partial charge < -0.3 is 0 Å². The van der Waals surface area contributed by atoms with Crippen molar-refractivity contribution >= 4 is 21.6 Å². The normalized spacial score (nSPS) is 16.9. The maximum atomic E-state index is 5.13. The molecule has 0 fully saturated rings. The van der Waals surface area contributed by atoms with E-state index < -0.39 is 0 Å². The van der Waals surface area contributed by atoms with Crippen LogP contribution in [0.1, 0.15) is 66.4 Å². The van der Waals surface area contributed by atoms with E-state index in [9.17, 15) is 0 Å². The number of nitrogens with zero attached hydrogens (tertiary/aromatic N) is 1. The number of aryl methyl sites for hydroxylation is 1. The molecule has 1 aromatic carbocycles. The highest BCUT2D eigenvalue weighted by molar-refractivity contribution is 9.11. The van der Waals surface area contributed by atoms with Crippen molar-refractivity contribution in [3.05, 3.63) is 105 Å². The highest BCUT2D eigenvalue weighted by Gasteiger charge is 2.16. The first kappa shape index (κ1) is 27.8. The van der Waals surface area contributed by atoms with Crippen LogP contribution < -0.4 is 0 Å². The molecule has 1 atom stereocenters. The van der Waals surface area contributed by atoms with Crippen LogP contribution >= 0.6 is 15.9 Å². The molecule has 0 radical (unpaired) electrons. The van der Waals surface area contributed by atoms with Crippen LogP contribution in [-0.4, -0.2) is 5.71 Å². The van der Waals surface area contributed by atoms with Crippen LogP contribution in [0.25, 0.3) is 0 Å². The average Bonchev–Trinajstić information content (AvgIpc) is 3.10. The summed E-state index contributed by atoms with van der Waals surface area (Å²) in [5.74, 6) is 0.436. The Labute approximate surface area is 205 Å². The fourth-order valence-corrected chi connectivity index (χ4v) is 3.77. The van der Waals surface area contributed by atoms with Crippen LogP contribution in [0.3, 0.4) is 0 Å². The second kappa shape index (κ2) is 15.6. The average molecular weight is 495 g/mol. The number of halogens is 1. The number of allylic oxidation sites excluding steroid dienone is 11. The Hall–Kier alpha value is -2.19. The van der Waals surface area contributed by atoms with Crippen molar-refractivity contribution in [1.82, 2.24) is 0 Å². The maximum absolute atomic E-state index is 5.13. The van der Waals surface area contributed by atoms with Gasteiger partial charge in [0, 0.05) is 12.1 Å². The first-order valence-corrected chi connectivity index (χ1v) is 12.6. The molecule has 32 heavy (non-hydrogen) atoms. The van der Waals surface area contributed by atoms with Gasteiger partial charge in [0.25, 0.3) is 0 Å². The van der Waals surface area contributed by atoms with Gasteiger partial charge in [-0.3, -0.25) is 4.99 Å². The molecule has 0 aliphatic heterocycles. The molecule has 0 saturated heterocycles. The van der Waals surface area contributed by atoms with Gasteiger partial charge in [-0.25, -0.2) is 0 Å². The molecule has 2 heteroatoms. The second-order valence-electron chi connectivity index (χ2n) is 7.88. The Morgan fingerprint density at radius 1 is 0.938 bits per heavy atom. The van der Waals surface area contributed by atoms with E-state index in [0.29, 0.717) is 5.92 Å². The molecular formula is C30H40BrN. The smallest absolute Gasteiger partial charge is 0.0509 e. The zero-order valence-corrected chi connectivity index (χ0v) is 22.5. The van der Waals surface area contributed by atoms with Crippen molar-refractivity contribution in [2.75, 3.05) is 0 Å². The summed E-state index contributed by atoms with van der Waals surface area (Å²) in [4.78, 5) is 5.13. The minimum atomic E-state index is 0.436. The Morgan fingerprint density at radius 3 is 2.22 bits per heavy atom. The summed E-state index contributed by atoms with van der Waals surface area (Å²) in [5.41, 5.74) is 7.50. The van der Waals surface area contributed by atoms with E-state index >= 15 is 0 Å². The Kier molecular flexibility index (Phi) is 13.6. The third-order valence-corrected chi connectivity index (χ3v) is 5.86. The van der Waals surface area contributed by atoms with Crippen molar-refractivity contribution in [1.29, 1.82) is 0 Å². The number of rotatable bonds is 4. The largest absolute Gasteiger partial charge is 0.256 e. The van der Waals surface area contributed by atoms with Crippen LogP contribution in [-0.2, 0) is 0 Å². The summed E-state index contributed by atoms with van der Waals surface area (Å²) >= 11 is 3.64. The van der Waals surface area contributed by atoms with Crippen LogP contribution in [0.4, 0.5) is 0 Å². The molecule has 3 rings (SSSR count). The van der Waals surface area contributed by atoms with Gasteiger partial charge in [-0.15, -0.1) is 0 Å². The predicted octanol–water partition coefficient (Wildman–Crippen LogP) is 9.84. The van der Waals surface area contributed by atoms with Crippen LogP contribution in [0, 0.1) is 12.8 Å². The molecule has 0 heterocycles. The summed E-state index contributed by atoms with van der Waals surface area (Å²) in [6.45, 7) is 14.9. The third-order valence-electron chi connectivity index (χ3n) is 5.31. The topological polar surface area (TPSA) is 12.4 Å². The molecule has 1 nitrogen and oxygen atoms in total. The standard InChI is InChI=1S/C21H26BrN.C7H8.C2H6/c1-5-15(2)21(19-12-9-11-18(22)14-17(19)4)23-20-13-8-6-7-10-16(20)3;1-7-5-3-2-4-6-7;1-2/h6-10,12,14-15H,5,11,13H2,1-4H3;2-6H,1H3;1-2H3. The molecule has 2 aliphatic carbocycles. The summed E-state index contributed by atoms with van der Waals surface area (Å²) in [7, 11) is 0. The first-order chi connectivity index (χ1) is 15.4. The van der Waals surface area contributed by atoms with Crippen molar-refractivity contribution in [3.8, 4) is 0 Å². The first-order valence-electron chi connectivity index (χ1n) is 11.8. The second-order valence-corrected chi connectivity index (χ2v) is 8.90. The summed E-state index contributed by atoms with van der Waals surface area (Å²) < 4.78 is 1.22.